The second-order valence-electron chi connectivity index (χ2n) is 4.58. The van der Waals surface area contributed by atoms with Gasteiger partial charge in [0.05, 0.1) is 22.3 Å². The lowest BCUT2D eigenvalue weighted by Gasteiger charge is -2.19. The summed E-state index contributed by atoms with van der Waals surface area (Å²) in [5.74, 6) is 0. The smallest absolute Gasteiger partial charge is 0.240 e. The number of nitrogens with one attached hydrogen (secondary N) is 2. The van der Waals surface area contributed by atoms with E-state index in [-0.39, 0.29) is 10.9 Å². The van der Waals surface area contributed by atoms with E-state index in [0.717, 1.165) is 6.42 Å². The van der Waals surface area contributed by atoms with Crippen LogP contribution in [0.2, 0.25) is 0 Å². The molecule has 21 heavy (non-hydrogen) atoms. The van der Waals surface area contributed by atoms with Crippen molar-refractivity contribution < 1.29 is 8.42 Å². The van der Waals surface area contributed by atoms with Crippen molar-refractivity contribution in [2.24, 2.45) is 0 Å². The molecule has 1 atom stereocenters. The Morgan fingerprint density at radius 2 is 2.10 bits per heavy atom. The molecule has 0 aliphatic rings. The summed E-state index contributed by atoms with van der Waals surface area (Å²) in [5.41, 5.74) is 7.12. The first-order valence-electron chi connectivity index (χ1n) is 6.61. The molecule has 1 heterocycles. The number of hydrogen-bond acceptors (Lipinski definition) is 5. The fourth-order valence-electron chi connectivity index (χ4n) is 2.00. The maximum Gasteiger partial charge on any atom is 0.240 e. The van der Waals surface area contributed by atoms with Crippen LogP contribution < -0.4 is 15.8 Å². The zero-order valence-electron chi connectivity index (χ0n) is 12.0. The van der Waals surface area contributed by atoms with E-state index in [1.54, 1.807) is 23.5 Å². The molecule has 0 spiro atoms. The number of benzene rings is 1. The number of nitrogen functional groups attached to an aromatic ring is 1. The largest absolute Gasteiger partial charge is 0.397 e. The highest BCUT2D eigenvalue weighted by atomic mass is 32.2. The first-order valence-corrected chi connectivity index (χ1v) is 8.97. The minimum Gasteiger partial charge on any atom is -0.397 e. The molecule has 0 radical (unpaired) electrons. The lowest BCUT2D eigenvalue weighted by atomic mass is 10.1. The fraction of sp³-hybridized carbons (Fsp3) is 0.286. The van der Waals surface area contributed by atoms with Crippen LogP contribution >= 0.6 is 11.3 Å². The molecular formula is C14H19N3O2S2. The van der Waals surface area contributed by atoms with Crippen molar-refractivity contribution in [3.63, 3.8) is 0 Å². The molecule has 2 rings (SSSR count). The summed E-state index contributed by atoms with van der Waals surface area (Å²) in [4.78, 5) is 1.39. The quantitative estimate of drug-likeness (QED) is 0.713. The summed E-state index contributed by atoms with van der Waals surface area (Å²) in [6.07, 6.45) is 0.878. The van der Waals surface area contributed by atoms with Crippen molar-refractivity contribution in [1.29, 1.82) is 0 Å². The summed E-state index contributed by atoms with van der Waals surface area (Å²) < 4.78 is 26.0. The fourth-order valence-corrected chi connectivity index (χ4v) is 3.61. The van der Waals surface area contributed by atoms with Gasteiger partial charge in [0.25, 0.3) is 0 Å². The normalized spacial score (nSPS) is 13.0. The number of sulfonamides is 1. The van der Waals surface area contributed by atoms with E-state index < -0.39 is 10.0 Å². The van der Waals surface area contributed by atoms with Gasteiger partial charge in [-0.15, -0.1) is 11.3 Å². The van der Waals surface area contributed by atoms with Crippen LogP contribution in [-0.4, -0.2) is 15.5 Å². The van der Waals surface area contributed by atoms with Gasteiger partial charge in [-0.3, -0.25) is 0 Å². The SMILES string of the molecule is CCC(Nc1cc(S(=O)(=O)NC)ccc1N)c1cccs1. The van der Waals surface area contributed by atoms with Crippen molar-refractivity contribution in [3.8, 4) is 0 Å². The molecule has 7 heteroatoms. The molecule has 0 bridgehead atoms. The Hall–Kier alpha value is -1.57. The first-order chi connectivity index (χ1) is 9.97. The highest BCUT2D eigenvalue weighted by Gasteiger charge is 2.16. The zero-order chi connectivity index (χ0) is 15.5. The Morgan fingerprint density at radius 3 is 2.67 bits per heavy atom. The standard InChI is InChI=1S/C14H19N3O2S2/c1-3-12(14-5-4-8-20-14)17-13-9-10(6-7-11(13)15)21(18,19)16-2/h4-9,12,16-17H,3,15H2,1-2H3. The minimum atomic E-state index is -3.48. The molecule has 4 N–H and O–H groups in total. The maximum atomic E-state index is 11.9. The van der Waals surface area contributed by atoms with E-state index in [9.17, 15) is 8.42 Å². The van der Waals surface area contributed by atoms with E-state index in [4.69, 9.17) is 5.73 Å². The molecule has 1 aromatic carbocycles. The van der Waals surface area contributed by atoms with Crippen molar-refractivity contribution in [2.75, 3.05) is 18.1 Å². The van der Waals surface area contributed by atoms with Gasteiger partial charge in [-0.05, 0) is 43.1 Å². The third-order valence-corrected chi connectivity index (χ3v) is 5.63. The van der Waals surface area contributed by atoms with E-state index >= 15 is 0 Å². The van der Waals surface area contributed by atoms with Crippen molar-refractivity contribution in [1.82, 2.24) is 4.72 Å². The first kappa shape index (κ1) is 15.8. The van der Waals surface area contributed by atoms with Gasteiger partial charge in [-0.1, -0.05) is 13.0 Å². The molecule has 0 saturated carbocycles. The summed E-state index contributed by atoms with van der Waals surface area (Å²) in [5, 5.41) is 5.35. The predicted octanol–water partition coefficient (Wildman–Crippen LogP) is 2.80. The molecule has 1 unspecified atom stereocenters. The summed E-state index contributed by atoms with van der Waals surface area (Å²) >= 11 is 1.66. The highest BCUT2D eigenvalue weighted by Crippen LogP contribution is 2.30. The number of nitrogens with two attached hydrogens (primary N) is 1. The zero-order valence-corrected chi connectivity index (χ0v) is 13.6. The summed E-state index contributed by atoms with van der Waals surface area (Å²) in [7, 11) is -2.09. The monoisotopic (exact) mass is 325 g/mol. The molecule has 1 aromatic heterocycles. The van der Waals surface area contributed by atoms with Gasteiger partial charge in [0.2, 0.25) is 10.0 Å². The van der Waals surface area contributed by atoms with E-state index in [1.165, 1.54) is 18.0 Å². The van der Waals surface area contributed by atoms with Gasteiger partial charge in [0.1, 0.15) is 0 Å². The summed E-state index contributed by atoms with van der Waals surface area (Å²) in [6, 6.07) is 8.83. The third-order valence-electron chi connectivity index (χ3n) is 3.23. The molecular weight excluding hydrogens is 306 g/mol. The van der Waals surface area contributed by atoms with Gasteiger partial charge in [0.15, 0.2) is 0 Å². The molecule has 0 amide bonds. The number of rotatable bonds is 6. The van der Waals surface area contributed by atoms with Crippen molar-refractivity contribution >= 4 is 32.7 Å². The van der Waals surface area contributed by atoms with Crippen LogP contribution in [-0.2, 0) is 10.0 Å². The average molecular weight is 325 g/mol. The molecule has 0 fully saturated rings. The predicted molar refractivity (Wildman–Crippen MR) is 88.1 cm³/mol. The van der Waals surface area contributed by atoms with Crippen LogP contribution in [0.3, 0.4) is 0 Å². The van der Waals surface area contributed by atoms with E-state index in [0.29, 0.717) is 11.4 Å². The van der Waals surface area contributed by atoms with Crippen LogP contribution in [0.1, 0.15) is 24.3 Å². The second kappa shape index (κ2) is 6.46. The summed E-state index contributed by atoms with van der Waals surface area (Å²) in [6.45, 7) is 2.07. The van der Waals surface area contributed by atoms with Gasteiger partial charge in [-0.2, -0.15) is 0 Å². The van der Waals surface area contributed by atoms with Gasteiger partial charge < -0.3 is 11.1 Å². The molecule has 0 aliphatic heterocycles. The Balaban J connectivity index is 2.33. The number of hydrogen-bond donors (Lipinski definition) is 3. The van der Waals surface area contributed by atoms with Crippen LogP contribution in [0.15, 0.2) is 40.6 Å². The highest BCUT2D eigenvalue weighted by molar-refractivity contribution is 7.89. The third kappa shape index (κ3) is 3.55. The van der Waals surface area contributed by atoms with Gasteiger partial charge >= 0.3 is 0 Å². The number of anilines is 2. The maximum absolute atomic E-state index is 11.9. The molecule has 5 nitrogen and oxygen atoms in total. The second-order valence-corrected chi connectivity index (χ2v) is 7.44. The Labute approximate surface area is 129 Å². The van der Waals surface area contributed by atoms with E-state index in [2.05, 4.69) is 23.0 Å². The van der Waals surface area contributed by atoms with E-state index in [1.807, 2.05) is 11.4 Å². The van der Waals surface area contributed by atoms with Crippen LogP contribution in [0.4, 0.5) is 11.4 Å². The van der Waals surface area contributed by atoms with Crippen LogP contribution in [0.5, 0.6) is 0 Å². The topological polar surface area (TPSA) is 84.2 Å². The average Bonchev–Trinajstić information content (AvgIpc) is 3.00. The van der Waals surface area contributed by atoms with Gasteiger partial charge in [-0.25, -0.2) is 13.1 Å². The van der Waals surface area contributed by atoms with Crippen molar-refractivity contribution in [2.45, 2.75) is 24.3 Å². The molecule has 114 valence electrons. The Kier molecular flexibility index (Phi) is 4.87. The molecule has 0 saturated heterocycles. The van der Waals surface area contributed by atoms with Crippen LogP contribution in [0.25, 0.3) is 0 Å². The number of thiophene rings is 1. The van der Waals surface area contributed by atoms with Gasteiger partial charge in [0, 0.05) is 4.88 Å². The lowest BCUT2D eigenvalue weighted by molar-refractivity contribution is 0.588. The van der Waals surface area contributed by atoms with Crippen molar-refractivity contribution in [3.05, 3.63) is 40.6 Å². The Bertz CT molecular complexity index is 697. The Morgan fingerprint density at radius 1 is 1.33 bits per heavy atom. The minimum absolute atomic E-state index is 0.111. The van der Waals surface area contributed by atoms with Crippen LogP contribution in [0, 0.1) is 0 Å². The molecule has 0 aliphatic carbocycles. The lowest BCUT2D eigenvalue weighted by Crippen LogP contribution is -2.19. The molecule has 2 aromatic rings.